The van der Waals surface area contributed by atoms with Crippen molar-refractivity contribution in [2.45, 2.75) is 31.9 Å². The third-order valence-electron chi connectivity index (χ3n) is 3.77. The molecule has 1 amide bonds. The molecule has 1 aliphatic heterocycles. The van der Waals surface area contributed by atoms with Gasteiger partial charge in [0.25, 0.3) is 0 Å². The summed E-state index contributed by atoms with van der Waals surface area (Å²) in [5.74, 6) is 0.0685. The van der Waals surface area contributed by atoms with E-state index in [1.54, 1.807) is 7.11 Å². The zero-order chi connectivity index (χ0) is 13.8. The minimum Gasteiger partial charge on any atom is -0.378 e. The van der Waals surface area contributed by atoms with E-state index in [0.717, 1.165) is 30.8 Å². The van der Waals surface area contributed by atoms with Crippen molar-refractivity contribution in [3.63, 3.8) is 0 Å². The Bertz CT molecular complexity index is 444. The van der Waals surface area contributed by atoms with E-state index in [2.05, 4.69) is 15.7 Å². The first kappa shape index (κ1) is 14.0. The number of hydrogen-bond donors (Lipinski definition) is 2. The fourth-order valence-corrected chi connectivity index (χ4v) is 2.36. The predicted molar refractivity (Wildman–Crippen MR) is 71.9 cm³/mol. The lowest BCUT2D eigenvalue weighted by Gasteiger charge is -2.18. The highest BCUT2D eigenvalue weighted by Gasteiger charge is 2.27. The molecular formula is C13H22N4O2. The normalized spacial score (nSPS) is 22.7. The molecule has 0 bridgehead atoms. The van der Waals surface area contributed by atoms with Crippen molar-refractivity contribution in [2.75, 3.05) is 20.2 Å². The molecule has 1 aromatic rings. The quantitative estimate of drug-likeness (QED) is 0.772. The SMILES string of the molecule is COC1CNCC1NC(=O)CCc1cnn(C)c1C. The van der Waals surface area contributed by atoms with Crippen molar-refractivity contribution in [1.82, 2.24) is 20.4 Å². The molecule has 106 valence electrons. The fraction of sp³-hybridized carbons (Fsp3) is 0.692. The minimum absolute atomic E-state index is 0.0685. The van der Waals surface area contributed by atoms with Gasteiger partial charge in [-0.3, -0.25) is 9.48 Å². The van der Waals surface area contributed by atoms with Crippen molar-refractivity contribution in [3.8, 4) is 0 Å². The largest absolute Gasteiger partial charge is 0.378 e. The van der Waals surface area contributed by atoms with Crippen LogP contribution in [0, 0.1) is 6.92 Å². The summed E-state index contributed by atoms with van der Waals surface area (Å²) in [6, 6.07) is 0.0764. The molecule has 0 saturated carbocycles. The average molecular weight is 266 g/mol. The van der Waals surface area contributed by atoms with Crippen LogP contribution < -0.4 is 10.6 Å². The van der Waals surface area contributed by atoms with Crippen LogP contribution in [-0.4, -0.2) is 48.0 Å². The third-order valence-corrected chi connectivity index (χ3v) is 3.77. The number of methoxy groups -OCH3 is 1. The van der Waals surface area contributed by atoms with E-state index < -0.39 is 0 Å². The van der Waals surface area contributed by atoms with Crippen LogP contribution >= 0.6 is 0 Å². The lowest BCUT2D eigenvalue weighted by Crippen LogP contribution is -2.43. The zero-order valence-corrected chi connectivity index (χ0v) is 11.8. The topological polar surface area (TPSA) is 68.2 Å². The predicted octanol–water partition coefficient (Wildman–Crippen LogP) is -0.236. The van der Waals surface area contributed by atoms with Gasteiger partial charge in [0.05, 0.1) is 18.3 Å². The van der Waals surface area contributed by atoms with E-state index in [1.807, 2.05) is 24.9 Å². The highest BCUT2D eigenvalue weighted by Crippen LogP contribution is 2.09. The second kappa shape index (κ2) is 6.16. The Labute approximate surface area is 113 Å². The van der Waals surface area contributed by atoms with Gasteiger partial charge in [-0.15, -0.1) is 0 Å². The molecule has 1 aromatic heterocycles. The number of hydrogen-bond acceptors (Lipinski definition) is 4. The van der Waals surface area contributed by atoms with Crippen molar-refractivity contribution < 1.29 is 9.53 Å². The smallest absolute Gasteiger partial charge is 0.220 e. The maximum Gasteiger partial charge on any atom is 0.220 e. The van der Waals surface area contributed by atoms with Gasteiger partial charge in [0, 0.05) is 39.4 Å². The minimum atomic E-state index is 0.0685. The fourth-order valence-electron chi connectivity index (χ4n) is 2.36. The summed E-state index contributed by atoms with van der Waals surface area (Å²) in [6.07, 6.45) is 3.12. The number of carbonyl (C=O) groups is 1. The van der Waals surface area contributed by atoms with Crippen molar-refractivity contribution in [1.29, 1.82) is 0 Å². The number of amides is 1. The Morgan fingerprint density at radius 2 is 2.42 bits per heavy atom. The maximum absolute atomic E-state index is 11.9. The Balaban J connectivity index is 1.80. The molecule has 0 aliphatic carbocycles. The molecule has 6 heteroatoms. The Morgan fingerprint density at radius 3 is 3.05 bits per heavy atom. The first-order valence-corrected chi connectivity index (χ1v) is 6.62. The van der Waals surface area contributed by atoms with Crippen LogP contribution in [0.1, 0.15) is 17.7 Å². The number of nitrogens with one attached hydrogen (secondary N) is 2. The monoisotopic (exact) mass is 266 g/mol. The molecular weight excluding hydrogens is 244 g/mol. The molecule has 1 fully saturated rings. The number of nitrogens with zero attached hydrogens (tertiary/aromatic N) is 2. The van der Waals surface area contributed by atoms with Gasteiger partial charge >= 0.3 is 0 Å². The first-order valence-electron chi connectivity index (χ1n) is 6.62. The number of aryl methyl sites for hydroxylation is 2. The third kappa shape index (κ3) is 3.33. The van der Waals surface area contributed by atoms with Gasteiger partial charge in [-0.25, -0.2) is 0 Å². The van der Waals surface area contributed by atoms with Gasteiger partial charge in [0.1, 0.15) is 0 Å². The van der Waals surface area contributed by atoms with Gasteiger partial charge < -0.3 is 15.4 Å². The molecule has 2 N–H and O–H groups in total. The van der Waals surface area contributed by atoms with Crippen LogP contribution in [0.25, 0.3) is 0 Å². The van der Waals surface area contributed by atoms with E-state index in [4.69, 9.17) is 4.74 Å². The van der Waals surface area contributed by atoms with Gasteiger partial charge in [-0.1, -0.05) is 0 Å². The van der Waals surface area contributed by atoms with E-state index in [9.17, 15) is 4.79 Å². The Hall–Kier alpha value is -1.40. The van der Waals surface area contributed by atoms with E-state index >= 15 is 0 Å². The van der Waals surface area contributed by atoms with Crippen LogP contribution in [0.2, 0.25) is 0 Å². The first-order chi connectivity index (χ1) is 9.11. The second-order valence-electron chi connectivity index (χ2n) is 4.99. The summed E-state index contributed by atoms with van der Waals surface area (Å²) in [7, 11) is 3.59. The molecule has 19 heavy (non-hydrogen) atoms. The summed E-state index contributed by atoms with van der Waals surface area (Å²) < 4.78 is 7.15. The maximum atomic E-state index is 11.9. The van der Waals surface area contributed by atoms with Crippen molar-refractivity contribution in [2.24, 2.45) is 7.05 Å². The average Bonchev–Trinajstić information content (AvgIpc) is 2.96. The number of rotatable bonds is 5. The molecule has 2 unspecified atom stereocenters. The van der Waals surface area contributed by atoms with Crippen LogP contribution in [-0.2, 0) is 23.0 Å². The number of carbonyl (C=O) groups excluding carboxylic acids is 1. The number of ether oxygens (including phenoxy) is 1. The molecule has 0 spiro atoms. The standard InChI is InChI=1S/C13H22N4O2/c1-9-10(6-15-17(9)2)4-5-13(18)16-11-7-14-8-12(11)19-3/h6,11-12,14H,4-5,7-8H2,1-3H3,(H,16,18). The van der Waals surface area contributed by atoms with Crippen LogP contribution in [0.15, 0.2) is 6.20 Å². The summed E-state index contributed by atoms with van der Waals surface area (Å²) >= 11 is 0. The molecule has 0 aromatic carbocycles. The van der Waals surface area contributed by atoms with Crippen LogP contribution in [0.3, 0.4) is 0 Å². The van der Waals surface area contributed by atoms with Gasteiger partial charge in [0.15, 0.2) is 0 Å². The molecule has 1 aliphatic rings. The Morgan fingerprint density at radius 1 is 1.63 bits per heavy atom. The summed E-state index contributed by atoms with van der Waals surface area (Å²) in [6.45, 7) is 3.58. The van der Waals surface area contributed by atoms with Gasteiger partial charge in [-0.2, -0.15) is 5.10 Å². The van der Waals surface area contributed by atoms with Crippen molar-refractivity contribution in [3.05, 3.63) is 17.5 Å². The van der Waals surface area contributed by atoms with Gasteiger partial charge in [0.2, 0.25) is 5.91 Å². The van der Waals surface area contributed by atoms with Gasteiger partial charge in [-0.05, 0) is 18.9 Å². The second-order valence-corrected chi connectivity index (χ2v) is 4.99. The summed E-state index contributed by atoms with van der Waals surface area (Å²) in [5, 5.41) is 10.4. The summed E-state index contributed by atoms with van der Waals surface area (Å²) in [5.41, 5.74) is 2.25. The molecule has 2 rings (SSSR count). The van der Waals surface area contributed by atoms with E-state index in [-0.39, 0.29) is 18.1 Å². The lowest BCUT2D eigenvalue weighted by atomic mass is 10.1. The molecule has 2 heterocycles. The zero-order valence-electron chi connectivity index (χ0n) is 11.8. The summed E-state index contributed by atoms with van der Waals surface area (Å²) in [4.78, 5) is 11.9. The van der Waals surface area contributed by atoms with Crippen LogP contribution in [0.4, 0.5) is 0 Å². The highest BCUT2D eigenvalue weighted by molar-refractivity contribution is 5.76. The number of aromatic nitrogens is 2. The van der Waals surface area contributed by atoms with E-state index in [0.29, 0.717) is 6.42 Å². The Kier molecular flexibility index (Phi) is 4.55. The van der Waals surface area contributed by atoms with Crippen LogP contribution in [0.5, 0.6) is 0 Å². The molecule has 0 radical (unpaired) electrons. The highest BCUT2D eigenvalue weighted by atomic mass is 16.5. The van der Waals surface area contributed by atoms with Crippen molar-refractivity contribution >= 4 is 5.91 Å². The van der Waals surface area contributed by atoms with E-state index in [1.165, 1.54) is 0 Å². The molecule has 6 nitrogen and oxygen atoms in total. The lowest BCUT2D eigenvalue weighted by molar-refractivity contribution is -0.122. The molecule has 1 saturated heterocycles. The molecule has 2 atom stereocenters.